The first-order valence-corrected chi connectivity index (χ1v) is 13.6. The Kier molecular flexibility index (Phi) is 11.3. The average molecular weight is 618 g/mol. The summed E-state index contributed by atoms with van der Waals surface area (Å²) in [5.74, 6) is -5.02. The number of hydrogen-bond donors (Lipinski definition) is 3. The molecule has 0 bridgehead atoms. The van der Waals surface area contributed by atoms with Gasteiger partial charge in [0.05, 0.1) is 13.2 Å². The smallest absolute Gasteiger partial charge is 0.452 e. The van der Waals surface area contributed by atoms with Crippen LogP contribution in [0.2, 0.25) is 5.02 Å². The van der Waals surface area contributed by atoms with Crippen molar-refractivity contribution in [3.8, 4) is 5.75 Å². The highest BCUT2D eigenvalue weighted by Gasteiger charge is 2.45. The molecule has 0 fully saturated rings. The van der Waals surface area contributed by atoms with Crippen LogP contribution in [0.5, 0.6) is 5.75 Å². The highest BCUT2D eigenvalue weighted by Crippen LogP contribution is 2.23. The minimum atomic E-state index is -5.19. The molecule has 0 aliphatic heterocycles. The van der Waals surface area contributed by atoms with Crippen molar-refractivity contribution in [3.05, 3.63) is 101 Å². The predicted molar refractivity (Wildman–Crippen MR) is 155 cm³/mol. The third-order valence-electron chi connectivity index (χ3n) is 6.51. The van der Waals surface area contributed by atoms with E-state index in [4.69, 9.17) is 16.3 Å². The summed E-state index contributed by atoms with van der Waals surface area (Å²) in [6, 6.07) is 16.0. The number of rotatable bonds is 12. The Labute approximate surface area is 251 Å². The molecule has 0 aliphatic carbocycles. The van der Waals surface area contributed by atoms with Crippen molar-refractivity contribution in [1.29, 1.82) is 0 Å². The van der Waals surface area contributed by atoms with Gasteiger partial charge < -0.3 is 20.7 Å². The monoisotopic (exact) mass is 617 g/mol. The Balaban J connectivity index is 1.96. The van der Waals surface area contributed by atoms with Crippen LogP contribution in [-0.4, -0.2) is 48.9 Å². The zero-order chi connectivity index (χ0) is 31.7. The van der Waals surface area contributed by atoms with Gasteiger partial charge in [0.1, 0.15) is 17.8 Å². The number of ketones is 1. The fraction of sp³-hybridized carbons (Fsp3) is 0.290. The molecule has 3 aromatic rings. The Morgan fingerprint density at radius 1 is 0.837 bits per heavy atom. The number of halogens is 4. The molecule has 3 amide bonds. The van der Waals surface area contributed by atoms with E-state index in [-0.39, 0.29) is 17.5 Å². The molecule has 43 heavy (non-hydrogen) atoms. The van der Waals surface area contributed by atoms with Gasteiger partial charge in [-0.15, -0.1) is 0 Å². The van der Waals surface area contributed by atoms with Crippen LogP contribution >= 0.6 is 11.6 Å². The van der Waals surface area contributed by atoms with Gasteiger partial charge in [-0.3, -0.25) is 19.2 Å². The summed E-state index contributed by atoms with van der Waals surface area (Å²) in [7, 11) is 1.42. The molecule has 228 valence electrons. The second kappa shape index (κ2) is 14.7. The molecule has 0 spiro atoms. The Morgan fingerprint density at radius 2 is 1.49 bits per heavy atom. The topological polar surface area (TPSA) is 114 Å². The summed E-state index contributed by atoms with van der Waals surface area (Å²) in [4.78, 5) is 52.3. The minimum Gasteiger partial charge on any atom is -0.497 e. The van der Waals surface area contributed by atoms with Gasteiger partial charge in [-0.25, -0.2) is 0 Å². The standard InChI is InChI=1S/C31H31ClF3N3O5/c1-18(2)25(27(39)31(33,34)35)37-30(42)26(20-12-14-23(43-3)15-13-20)38-29(41)24(17-19-8-7-11-22(32)16-19)36-28(40)21-9-5-4-6-10-21/h4-16,18,24-26H,17H2,1-3H3,(H,36,40)(H,37,42)(H,38,41)/t24-,25-,26-/m0/s1. The molecule has 8 nitrogen and oxygen atoms in total. The number of carbonyl (C=O) groups is 4. The summed E-state index contributed by atoms with van der Waals surface area (Å²) in [5.41, 5.74) is 1.08. The molecule has 0 aliphatic rings. The van der Waals surface area contributed by atoms with Crippen LogP contribution in [0, 0.1) is 5.92 Å². The number of methoxy groups -OCH3 is 1. The van der Waals surface area contributed by atoms with E-state index in [1.807, 2.05) is 0 Å². The zero-order valence-corrected chi connectivity index (χ0v) is 24.3. The van der Waals surface area contributed by atoms with E-state index in [9.17, 15) is 32.3 Å². The molecule has 12 heteroatoms. The molecule has 0 unspecified atom stereocenters. The van der Waals surface area contributed by atoms with Gasteiger partial charge in [-0.2, -0.15) is 13.2 Å². The predicted octanol–water partition coefficient (Wildman–Crippen LogP) is 4.82. The van der Waals surface area contributed by atoms with E-state index >= 15 is 0 Å². The Hall–Kier alpha value is -4.38. The molecule has 0 saturated carbocycles. The van der Waals surface area contributed by atoms with Crippen LogP contribution in [-0.2, 0) is 20.8 Å². The highest BCUT2D eigenvalue weighted by molar-refractivity contribution is 6.30. The number of Topliss-reactive ketones (excluding diaryl/α,β-unsaturated/α-hetero) is 1. The summed E-state index contributed by atoms with van der Waals surface area (Å²) in [5, 5.41) is 7.77. The fourth-order valence-corrected chi connectivity index (χ4v) is 4.44. The first kappa shape index (κ1) is 33.1. The van der Waals surface area contributed by atoms with Crippen LogP contribution in [0.25, 0.3) is 0 Å². The normalized spacial score (nSPS) is 13.4. The van der Waals surface area contributed by atoms with Gasteiger partial charge in [-0.05, 0) is 53.4 Å². The maximum atomic E-state index is 13.7. The molecular weight excluding hydrogens is 587 g/mol. The maximum Gasteiger partial charge on any atom is 0.452 e. The zero-order valence-electron chi connectivity index (χ0n) is 23.6. The van der Waals surface area contributed by atoms with E-state index in [1.165, 1.54) is 45.2 Å². The van der Waals surface area contributed by atoms with Crippen LogP contribution in [0.1, 0.15) is 41.4 Å². The highest BCUT2D eigenvalue weighted by atomic mass is 35.5. The summed E-state index contributed by atoms with van der Waals surface area (Å²) < 4.78 is 45.0. The molecule has 0 saturated heterocycles. The lowest BCUT2D eigenvalue weighted by Gasteiger charge is -2.27. The van der Waals surface area contributed by atoms with Crippen LogP contribution in [0.15, 0.2) is 78.9 Å². The molecule has 0 heterocycles. The summed E-state index contributed by atoms with van der Waals surface area (Å²) in [6.07, 6.45) is -5.21. The molecule has 3 aromatic carbocycles. The SMILES string of the molecule is COc1ccc([C@H](NC(=O)[C@H](Cc2cccc(Cl)c2)NC(=O)c2ccccc2)C(=O)N[C@H](C(=O)C(F)(F)F)C(C)C)cc1. The lowest BCUT2D eigenvalue weighted by atomic mass is 9.97. The van der Waals surface area contributed by atoms with Gasteiger partial charge in [-0.1, -0.05) is 67.9 Å². The number of ether oxygens (including phenoxy) is 1. The van der Waals surface area contributed by atoms with Crippen molar-refractivity contribution in [2.75, 3.05) is 7.11 Å². The summed E-state index contributed by atoms with van der Waals surface area (Å²) in [6.45, 7) is 2.71. The number of carbonyl (C=O) groups excluding carboxylic acids is 4. The van der Waals surface area contributed by atoms with Gasteiger partial charge >= 0.3 is 6.18 Å². The lowest BCUT2D eigenvalue weighted by molar-refractivity contribution is -0.175. The van der Waals surface area contributed by atoms with Crippen molar-refractivity contribution < 1.29 is 37.1 Å². The second-order valence-corrected chi connectivity index (χ2v) is 10.5. The Bertz CT molecular complexity index is 1430. The third-order valence-corrected chi connectivity index (χ3v) is 6.75. The number of alkyl halides is 3. The van der Waals surface area contributed by atoms with E-state index in [2.05, 4.69) is 16.0 Å². The van der Waals surface area contributed by atoms with E-state index < -0.39 is 53.7 Å². The quantitative estimate of drug-likeness (QED) is 0.270. The minimum absolute atomic E-state index is 0.0247. The second-order valence-electron chi connectivity index (χ2n) is 10.0. The largest absolute Gasteiger partial charge is 0.497 e. The van der Waals surface area contributed by atoms with Gasteiger partial charge in [0, 0.05) is 17.0 Å². The fourth-order valence-electron chi connectivity index (χ4n) is 4.23. The molecule has 0 aromatic heterocycles. The van der Waals surface area contributed by atoms with Crippen molar-refractivity contribution in [1.82, 2.24) is 16.0 Å². The molecule has 3 atom stereocenters. The van der Waals surface area contributed by atoms with Crippen LogP contribution < -0.4 is 20.7 Å². The van der Waals surface area contributed by atoms with Crippen molar-refractivity contribution in [2.24, 2.45) is 5.92 Å². The molecule has 0 radical (unpaired) electrons. The van der Waals surface area contributed by atoms with Crippen LogP contribution in [0.4, 0.5) is 13.2 Å². The molecule has 3 rings (SSSR count). The van der Waals surface area contributed by atoms with Gasteiger partial charge in [0.15, 0.2) is 0 Å². The van der Waals surface area contributed by atoms with E-state index in [1.54, 1.807) is 54.6 Å². The van der Waals surface area contributed by atoms with Crippen molar-refractivity contribution in [2.45, 2.75) is 44.6 Å². The van der Waals surface area contributed by atoms with Gasteiger partial charge in [0.25, 0.3) is 11.7 Å². The van der Waals surface area contributed by atoms with Crippen LogP contribution in [0.3, 0.4) is 0 Å². The Morgan fingerprint density at radius 3 is 2.05 bits per heavy atom. The van der Waals surface area contributed by atoms with E-state index in [0.717, 1.165) is 0 Å². The number of benzene rings is 3. The first-order chi connectivity index (χ1) is 20.3. The average Bonchev–Trinajstić information content (AvgIpc) is 2.97. The first-order valence-electron chi connectivity index (χ1n) is 13.3. The van der Waals surface area contributed by atoms with Gasteiger partial charge in [0.2, 0.25) is 11.8 Å². The third kappa shape index (κ3) is 9.31. The summed E-state index contributed by atoms with van der Waals surface area (Å²) >= 11 is 6.11. The molecular formula is C31H31ClF3N3O5. The van der Waals surface area contributed by atoms with Crippen molar-refractivity contribution >= 4 is 35.1 Å². The van der Waals surface area contributed by atoms with E-state index in [0.29, 0.717) is 16.3 Å². The molecule has 3 N–H and O–H groups in total. The van der Waals surface area contributed by atoms with Crippen molar-refractivity contribution in [3.63, 3.8) is 0 Å². The number of amides is 3. The lowest BCUT2D eigenvalue weighted by Crippen LogP contribution is -2.55. The maximum absolute atomic E-state index is 13.7. The number of hydrogen-bond acceptors (Lipinski definition) is 5. The number of nitrogens with one attached hydrogen (secondary N) is 3.